The highest BCUT2D eigenvalue weighted by Crippen LogP contribution is 2.25. The number of hydrogen-bond acceptors (Lipinski definition) is 4. The Labute approximate surface area is 178 Å². The van der Waals surface area contributed by atoms with Crippen molar-refractivity contribution in [3.05, 3.63) is 95.9 Å². The molecule has 1 heterocycles. The molecule has 0 bridgehead atoms. The fraction of sp³-hybridized carbons (Fsp3) is 0.0833. The number of anilines is 1. The van der Waals surface area contributed by atoms with E-state index in [1.807, 2.05) is 30.5 Å². The van der Waals surface area contributed by atoms with Crippen molar-refractivity contribution in [3.8, 4) is 22.7 Å². The van der Waals surface area contributed by atoms with Crippen LogP contribution in [0.2, 0.25) is 0 Å². The molecule has 4 aromatic rings. The van der Waals surface area contributed by atoms with Gasteiger partial charge in [0.1, 0.15) is 11.6 Å². The maximum atomic E-state index is 13.4. The van der Waals surface area contributed by atoms with Crippen LogP contribution in [0.1, 0.15) is 15.9 Å². The van der Waals surface area contributed by atoms with Gasteiger partial charge in [0.2, 0.25) is 0 Å². The number of hydrogen-bond donors (Lipinski definition) is 2. The lowest BCUT2D eigenvalue weighted by Crippen LogP contribution is -2.00. The van der Waals surface area contributed by atoms with E-state index < -0.39 is 5.97 Å². The minimum absolute atomic E-state index is 0.205. The van der Waals surface area contributed by atoms with Crippen LogP contribution in [0.15, 0.2) is 79.0 Å². The number of aromatic nitrogens is 2. The summed E-state index contributed by atoms with van der Waals surface area (Å²) in [7, 11) is 1.62. The second kappa shape index (κ2) is 8.71. The molecule has 0 aliphatic carbocycles. The molecular formula is C24H20FN3O3. The minimum atomic E-state index is -0.983. The van der Waals surface area contributed by atoms with Gasteiger partial charge in [-0.3, -0.25) is 0 Å². The van der Waals surface area contributed by atoms with Gasteiger partial charge in [0.05, 0.1) is 24.1 Å². The number of carbonyl (C=O) groups is 1. The van der Waals surface area contributed by atoms with Gasteiger partial charge >= 0.3 is 5.97 Å². The summed E-state index contributed by atoms with van der Waals surface area (Å²) in [5.74, 6) is -0.524. The third-order valence-electron chi connectivity index (χ3n) is 4.86. The molecular weight excluding hydrogens is 397 g/mol. The fourth-order valence-corrected chi connectivity index (χ4v) is 3.19. The number of aromatic carboxylic acids is 1. The SMILES string of the molecule is COc1ccc(NCc2cn(-c3ccc(C(=O)O)cc3)nc2-c2ccc(F)cc2)cc1. The lowest BCUT2D eigenvalue weighted by atomic mass is 10.1. The Hall–Kier alpha value is -4.13. The molecule has 6 nitrogen and oxygen atoms in total. The first-order chi connectivity index (χ1) is 15.0. The Balaban J connectivity index is 1.65. The third kappa shape index (κ3) is 4.56. The van der Waals surface area contributed by atoms with E-state index in [1.165, 1.54) is 24.3 Å². The number of carboxylic acids is 1. The summed E-state index contributed by atoms with van der Waals surface area (Å²) in [4.78, 5) is 11.1. The van der Waals surface area contributed by atoms with Crippen molar-refractivity contribution in [2.24, 2.45) is 0 Å². The summed E-state index contributed by atoms with van der Waals surface area (Å²) in [6, 6.07) is 20.2. The molecule has 4 rings (SSSR count). The maximum absolute atomic E-state index is 13.4. The molecule has 7 heteroatoms. The van der Waals surface area contributed by atoms with Crippen molar-refractivity contribution >= 4 is 11.7 Å². The maximum Gasteiger partial charge on any atom is 0.335 e. The van der Waals surface area contributed by atoms with Crippen LogP contribution in [0.5, 0.6) is 5.75 Å². The fourth-order valence-electron chi connectivity index (χ4n) is 3.19. The summed E-state index contributed by atoms with van der Waals surface area (Å²) >= 11 is 0. The Morgan fingerprint density at radius 2 is 1.71 bits per heavy atom. The Kier molecular flexibility index (Phi) is 5.66. The molecule has 0 unspecified atom stereocenters. The summed E-state index contributed by atoms with van der Waals surface area (Å²) in [5, 5.41) is 17.2. The van der Waals surface area contributed by atoms with Crippen LogP contribution in [0.4, 0.5) is 10.1 Å². The molecule has 0 amide bonds. The Morgan fingerprint density at radius 3 is 2.32 bits per heavy atom. The molecule has 0 aliphatic heterocycles. The van der Waals surface area contributed by atoms with Crippen LogP contribution in [0.3, 0.4) is 0 Å². The molecule has 1 aromatic heterocycles. The van der Waals surface area contributed by atoms with Crippen molar-refractivity contribution in [3.63, 3.8) is 0 Å². The normalized spacial score (nSPS) is 10.6. The van der Waals surface area contributed by atoms with Gasteiger partial charge in [-0.15, -0.1) is 0 Å². The highest BCUT2D eigenvalue weighted by atomic mass is 19.1. The minimum Gasteiger partial charge on any atom is -0.497 e. The molecule has 2 N–H and O–H groups in total. The van der Waals surface area contributed by atoms with E-state index in [0.717, 1.165) is 28.3 Å². The number of benzene rings is 3. The van der Waals surface area contributed by atoms with Crippen LogP contribution < -0.4 is 10.1 Å². The summed E-state index contributed by atoms with van der Waals surface area (Å²) < 4.78 is 20.3. The molecule has 0 saturated heterocycles. The summed E-state index contributed by atoms with van der Waals surface area (Å²) in [6.07, 6.45) is 1.88. The van der Waals surface area contributed by atoms with Crippen LogP contribution in [-0.4, -0.2) is 28.0 Å². The zero-order valence-electron chi connectivity index (χ0n) is 16.7. The van der Waals surface area contributed by atoms with E-state index in [4.69, 9.17) is 9.84 Å². The lowest BCUT2D eigenvalue weighted by molar-refractivity contribution is 0.0697. The van der Waals surface area contributed by atoms with Crippen molar-refractivity contribution in [1.82, 2.24) is 9.78 Å². The average Bonchev–Trinajstić information content (AvgIpc) is 3.23. The van der Waals surface area contributed by atoms with E-state index in [9.17, 15) is 9.18 Å². The van der Waals surface area contributed by atoms with Gasteiger partial charge < -0.3 is 15.2 Å². The van der Waals surface area contributed by atoms with Crippen molar-refractivity contribution in [2.75, 3.05) is 12.4 Å². The molecule has 31 heavy (non-hydrogen) atoms. The standard InChI is InChI=1S/C24H20FN3O3/c1-31-22-12-8-20(9-13-22)26-14-18-15-28(21-10-4-17(5-11-21)24(29)30)27-23(18)16-2-6-19(25)7-3-16/h2-13,15,26H,14H2,1H3,(H,29,30). The number of halogens is 1. The van der Waals surface area contributed by atoms with Gasteiger partial charge in [-0.25, -0.2) is 13.9 Å². The number of rotatable bonds is 7. The summed E-state index contributed by atoms with van der Waals surface area (Å²) in [5.41, 5.74) is 4.26. The number of carboxylic acid groups (broad SMARTS) is 1. The smallest absolute Gasteiger partial charge is 0.335 e. The van der Waals surface area contributed by atoms with Gasteiger partial charge in [-0.2, -0.15) is 5.10 Å². The number of ether oxygens (including phenoxy) is 1. The van der Waals surface area contributed by atoms with E-state index in [2.05, 4.69) is 10.4 Å². The zero-order valence-corrected chi connectivity index (χ0v) is 16.7. The van der Waals surface area contributed by atoms with Crippen molar-refractivity contribution in [2.45, 2.75) is 6.54 Å². The highest BCUT2D eigenvalue weighted by molar-refractivity contribution is 5.87. The number of methoxy groups -OCH3 is 1. The molecule has 156 valence electrons. The molecule has 0 atom stereocenters. The average molecular weight is 417 g/mol. The quantitative estimate of drug-likeness (QED) is 0.443. The highest BCUT2D eigenvalue weighted by Gasteiger charge is 2.13. The second-order valence-corrected chi connectivity index (χ2v) is 6.89. The first-order valence-corrected chi connectivity index (χ1v) is 9.59. The molecule has 0 aliphatic rings. The third-order valence-corrected chi connectivity index (χ3v) is 4.86. The molecule has 0 fully saturated rings. The predicted octanol–water partition coefficient (Wildman–Crippen LogP) is 5.00. The number of nitrogens with zero attached hydrogens (tertiary/aromatic N) is 2. The van der Waals surface area contributed by atoms with E-state index in [1.54, 1.807) is 36.1 Å². The first kappa shape index (κ1) is 20.2. The zero-order chi connectivity index (χ0) is 21.8. The molecule has 0 saturated carbocycles. The van der Waals surface area contributed by atoms with Crippen LogP contribution >= 0.6 is 0 Å². The monoisotopic (exact) mass is 417 g/mol. The van der Waals surface area contributed by atoms with Gasteiger partial charge in [-0.05, 0) is 72.8 Å². The Bertz CT molecular complexity index is 1180. The molecule has 3 aromatic carbocycles. The topological polar surface area (TPSA) is 76.4 Å². The van der Waals surface area contributed by atoms with Gasteiger partial charge in [-0.1, -0.05) is 0 Å². The van der Waals surface area contributed by atoms with Gasteiger partial charge in [0, 0.05) is 29.6 Å². The molecule has 0 radical (unpaired) electrons. The van der Waals surface area contributed by atoms with Crippen LogP contribution in [-0.2, 0) is 6.54 Å². The van der Waals surface area contributed by atoms with E-state index in [0.29, 0.717) is 12.2 Å². The van der Waals surface area contributed by atoms with Crippen molar-refractivity contribution in [1.29, 1.82) is 0 Å². The molecule has 0 spiro atoms. The van der Waals surface area contributed by atoms with Gasteiger partial charge in [0.15, 0.2) is 0 Å². The van der Waals surface area contributed by atoms with Crippen LogP contribution in [0, 0.1) is 5.82 Å². The van der Waals surface area contributed by atoms with E-state index >= 15 is 0 Å². The largest absolute Gasteiger partial charge is 0.497 e. The lowest BCUT2D eigenvalue weighted by Gasteiger charge is -2.07. The second-order valence-electron chi connectivity index (χ2n) is 6.89. The Morgan fingerprint density at radius 1 is 1.03 bits per heavy atom. The van der Waals surface area contributed by atoms with Crippen molar-refractivity contribution < 1.29 is 19.0 Å². The van der Waals surface area contributed by atoms with Gasteiger partial charge in [0.25, 0.3) is 0 Å². The predicted molar refractivity (Wildman–Crippen MR) is 116 cm³/mol. The summed E-state index contributed by atoms with van der Waals surface area (Å²) in [6.45, 7) is 0.492. The van der Waals surface area contributed by atoms with E-state index in [-0.39, 0.29) is 11.4 Å². The number of nitrogens with one attached hydrogen (secondary N) is 1. The first-order valence-electron chi connectivity index (χ1n) is 9.59. The van der Waals surface area contributed by atoms with Crippen LogP contribution in [0.25, 0.3) is 16.9 Å².